The van der Waals surface area contributed by atoms with Crippen molar-refractivity contribution in [1.29, 1.82) is 0 Å². The second kappa shape index (κ2) is 6.01. The van der Waals surface area contributed by atoms with Crippen LogP contribution in [0.5, 0.6) is 0 Å². The molecule has 4 N–H and O–H groups in total. The van der Waals surface area contributed by atoms with Gasteiger partial charge in [-0.3, -0.25) is 14.6 Å². The van der Waals surface area contributed by atoms with E-state index in [1.54, 1.807) is 18.8 Å². The molecule has 2 atom stereocenters. The molecule has 0 saturated carbocycles. The van der Waals surface area contributed by atoms with Crippen molar-refractivity contribution < 1.29 is 18.3 Å². The number of nitrogens with one attached hydrogen (secondary N) is 3. The Hall–Kier alpha value is -1.94. The first-order chi connectivity index (χ1) is 9.19. The molecular formula is C10H15N3O6S. The highest BCUT2D eigenvalue weighted by Gasteiger charge is 2.30. The van der Waals surface area contributed by atoms with Crippen LogP contribution in [0.2, 0.25) is 0 Å². The monoisotopic (exact) mass is 305 g/mol. The number of rotatable bonds is 6. The van der Waals surface area contributed by atoms with Gasteiger partial charge >= 0.3 is 11.7 Å². The lowest BCUT2D eigenvalue weighted by atomic mass is 10.0. The van der Waals surface area contributed by atoms with Crippen molar-refractivity contribution in [2.24, 2.45) is 5.92 Å². The summed E-state index contributed by atoms with van der Waals surface area (Å²) in [4.78, 5) is 36.4. The Morgan fingerprint density at radius 3 is 2.50 bits per heavy atom. The van der Waals surface area contributed by atoms with Crippen LogP contribution in [0.3, 0.4) is 0 Å². The minimum atomic E-state index is -4.35. The fourth-order valence-corrected chi connectivity index (χ4v) is 2.78. The Morgan fingerprint density at radius 1 is 1.45 bits per heavy atom. The van der Waals surface area contributed by atoms with E-state index in [-0.39, 0.29) is 0 Å². The summed E-state index contributed by atoms with van der Waals surface area (Å²) >= 11 is 0. The van der Waals surface area contributed by atoms with Gasteiger partial charge in [0.25, 0.3) is 5.56 Å². The molecule has 20 heavy (non-hydrogen) atoms. The SMILES string of the molecule is CCC(C)[C@H](NS(=O)(=O)c1c[nH]c(=O)[nH]c1=O)C(=O)O. The van der Waals surface area contributed by atoms with E-state index in [9.17, 15) is 22.8 Å². The highest BCUT2D eigenvalue weighted by atomic mass is 32.2. The molecule has 0 radical (unpaired) electrons. The highest BCUT2D eigenvalue weighted by molar-refractivity contribution is 7.89. The molecule has 1 aromatic rings. The van der Waals surface area contributed by atoms with Crippen LogP contribution in [0.25, 0.3) is 0 Å². The fraction of sp³-hybridized carbons (Fsp3) is 0.500. The molecule has 1 aromatic heterocycles. The second-order valence-corrected chi connectivity index (χ2v) is 5.94. The average molecular weight is 305 g/mol. The van der Waals surface area contributed by atoms with Crippen LogP contribution in [-0.2, 0) is 14.8 Å². The van der Waals surface area contributed by atoms with Gasteiger partial charge in [-0.1, -0.05) is 20.3 Å². The van der Waals surface area contributed by atoms with Gasteiger partial charge in [0.2, 0.25) is 10.0 Å². The van der Waals surface area contributed by atoms with Crippen LogP contribution >= 0.6 is 0 Å². The van der Waals surface area contributed by atoms with Crippen molar-refractivity contribution in [1.82, 2.24) is 14.7 Å². The Balaban J connectivity index is 3.20. The molecule has 0 spiro atoms. The maximum Gasteiger partial charge on any atom is 0.325 e. The largest absolute Gasteiger partial charge is 0.480 e. The summed E-state index contributed by atoms with van der Waals surface area (Å²) in [5, 5.41) is 9.03. The van der Waals surface area contributed by atoms with E-state index < -0.39 is 44.1 Å². The molecule has 1 rings (SSSR count). The maximum absolute atomic E-state index is 12.0. The predicted octanol–water partition coefficient (Wildman–Crippen LogP) is -1.16. The van der Waals surface area contributed by atoms with Crippen LogP contribution < -0.4 is 16.0 Å². The normalized spacial score (nSPS) is 14.7. The van der Waals surface area contributed by atoms with E-state index in [4.69, 9.17) is 5.11 Å². The molecule has 1 heterocycles. The predicted molar refractivity (Wildman–Crippen MR) is 68.9 cm³/mol. The lowest BCUT2D eigenvalue weighted by Crippen LogP contribution is -2.46. The Labute approximate surface area is 114 Å². The summed E-state index contributed by atoms with van der Waals surface area (Å²) in [6.07, 6.45) is 1.15. The molecule has 0 saturated heterocycles. The van der Waals surface area contributed by atoms with E-state index in [0.717, 1.165) is 6.20 Å². The summed E-state index contributed by atoms with van der Waals surface area (Å²) in [6.45, 7) is 3.28. The van der Waals surface area contributed by atoms with Gasteiger partial charge in [0.1, 0.15) is 6.04 Å². The standard InChI is InChI=1S/C10H15N3O6S/c1-3-5(2)7(9(15)16)13-20(18,19)6-4-11-10(17)12-8(6)14/h4-5,7,13H,3H2,1-2H3,(H,15,16)(H2,11,12,14,17)/t5?,7-/m0/s1. The number of aliphatic carboxylic acids is 1. The Morgan fingerprint density at radius 2 is 2.05 bits per heavy atom. The van der Waals surface area contributed by atoms with Gasteiger partial charge < -0.3 is 10.1 Å². The quantitative estimate of drug-likeness (QED) is 0.521. The van der Waals surface area contributed by atoms with Crippen molar-refractivity contribution in [3.8, 4) is 0 Å². The zero-order valence-electron chi connectivity index (χ0n) is 10.8. The molecule has 112 valence electrons. The molecule has 0 aliphatic rings. The summed E-state index contributed by atoms with van der Waals surface area (Å²) in [5.41, 5.74) is -1.97. The van der Waals surface area contributed by atoms with E-state index in [1.165, 1.54) is 0 Å². The molecule has 9 nitrogen and oxygen atoms in total. The summed E-state index contributed by atoms with van der Waals surface area (Å²) < 4.78 is 25.9. The van der Waals surface area contributed by atoms with Crippen LogP contribution in [0.4, 0.5) is 0 Å². The third-order valence-corrected chi connectivity index (χ3v) is 4.28. The van der Waals surface area contributed by atoms with Crippen LogP contribution in [0, 0.1) is 5.92 Å². The highest BCUT2D eigenvalue weighted by Crippen LogP contribution is 2.11. The van der Waals surface area contributed by atoms with E-state index >= 15 is 0 Å². The molecule has 0 bridgehead atoms. The van der Waals surface area contributed by atoms with Gasteiger partial charge in [-0.05, 0) is 5.92 Å². The van der Waals surface area contributed by atoms with Crippen LogP contribution in [-0.4, -0.2) is 35.5 Å². The van der Waals surface area contributed by atoms with E-state index in [1.807, 2.05) is 9.71 Å². The third-order valence-electron chi connectivity index (χ3n) is 2.84. The molecule has 0 amide bonds. The van der Waals surface area contributed by atoms with Crippen molar-refractivity contribution in [3.05, 3.63) is 27.0 Å². The van der Waals surface area contributed by atoms with Crippen LogP contribution in [0.15, 0.2) is 20.7 Å². The van der Waals surface area contributed by atoms with Gasteiger partial charge in [-0.15, -0.1) is 0 Å². The van der Waals surface area contributed by atoms with Gasteiger partial charge in [0.15, 0.2) is 4.90 Å². The molecular weight excluding hydrogens is 290 g/mol. The number of hydrogen-bond donors (Lipinski definition) is 4. The number of carboxylic acids is 1. The Kier molecular flexibility index (Phi) is 4.84. The lowest BCUT2D eigenvalue weighted by molar-refractivity contribution is -0.140. The second-order valence-electron chi connectivity index (χ2n) is 4.26. The summed E-state index contributed by atoms with van der Waals surface area (Å²) in [7, 11) is -4.35. The smallest absolute Gasteiger partial charge is 0.325 e. The lowest BCUT2D eigenvalue weighted by Gasteiger charge is -2.19. The number of aromatic nitrogens is 2. The minimum Gasteiger partial charge on any atom is -0.480 e. The molecule has 0 aliphatic carbocycles. The van der Waals surface area contributed by atoms with Gasteiger partial charge in [-0.2, -0.15) is 4.72 Å². The first-order valence-electron chi connectivity index (χ1n) is 5.76. The van der Waals surface area contributed by atoms with Gasteiger partial charge in [0, 0.05) is 6.20 Å². The number of carboxylic acid groups (broad SMARTS) is 1. The zero-order valence-corrected chi connectivity index (χ0v) is 11.7. The first kappa shape index (κ1) is 16.1. The maximum atomic E-state index is 12.0. The summed E-state index contributed by atoms with van der Waals surface area (Å²) in [6, 6.07) is -1.36. The van der Waals surface area contributed by atoms with Crippen molar-refractivity contribution in [2.45, 2.75) is 31.2 Å². The fourth-order valence-electron chi connectivity index (χ4n) is 1.47. The Bertz CT molecular complexity index is 704. The first-order valence-corrected chi connectivity index (χ1v) is 7.24. The molecule has 1 unspecified atom stereocenters. The van der Waals surface area contributed by atoms with Crippen molar-refractivity contribution >= 4 is 16.0 Å². The van der Waals surface area contributed by atoms with E-state index in [0.29, 0.717) is 6.42 Å². The molecule has 10 heteroatoms. The number of sulfonamides is 1. The summed E-state index contributed by atoms with van der Waals surface area (Å²) in [5.74, 6) is -1.81. The average Bonchev–Trinajstić information content (AvgIpc) is 2.34. The van der Waals surface area contributed by atoms with Crippen molar-refractivity contribution in [2.75, 3.05) is 0 Å². The number of carbonyl (C=O) groups is 1. The third kappa shape index (κ3) is 3.54. The minimum absolute atomic E-state index is 0.432. The van der Waals surface area contributed by atoms with Crippen LogP contribution in [0.1, 0.15) is 20.3 Å². The topological polar surface area (TPSA) is 149 Å². The number of aromatic amines is 2. The van der Waals surface area contributed by atoms with Gasteiger partial charge in [-0.25, -0.2) is 13.2 Å². The van der Waals surface area contributed by atoms with E-state index in [2.05, 4.69) is 0 Å². The number of hydrogen-bond acceptors (Lipinski definition) is 5. The molecule has 0 aliphatic heterocycles. The zero-order chi connectivity index (χ0) is 15.5. The molecule has 0 aromatic carbocycles. The van der Waals surface area contributed by atoms with Crippen molar-refractivity contribution in [3.63, 3.8) is 0 Å². The number of H-pyrrole nitrogens is 2. The molecule has 0 fully saturated rings. The van der Waals surface area contributed by atoms with Gasteiger partial charge in [0.05, 0.1) is 0 Å².